The van der Waals surface area contributed by atoms with E-state index in [9.17, 15) is 0 Å². The van der Waals surface area contributed by atoms with Crippen LogP contribution in [0.15, 0.2) is 49.2 Å². The smallest absolute Gasteiger partial charge is 0.161 e. The highest BCUT2D eigenvalue weighted by molar-refractivity contribution is 5.59. The number of benzene rings is 1. The third-order valence-corrected chi connectivity index (χ3v) is 4.21. The lowest BCUT2D eigenvalue weighted by Gasteiger charge is -2.09. The van der Waals surface area contributed by atoms with Gasteiger partial charge in [-0.25, -0.2) is 4.98 Å². The lowest BCUT2D eigenvalue weighted by atomic mass is 10.1. The second-order valence-electron chi connectivity index (χ2n) is 6.19. The predicted molar refractivity (Wildman–Crippen MR) is 106 cm³/mol. The first-order valence-electron chi connectivity index (χ1n) is 8.57. The van der Waals surface area contributed by atoms with Crippen LogP contribution in [0.1, 0.15) is 41.0 Å². The molecular weight excluding hydrogens is 320 g/mol. The molecule has 0 aliphatic carbocycles. The van der Waals surface area contributed by atoms with Crippen molar-refractivity contribution in [3.8, 4) is 17.5 Å². The van der Waals surface area contributed by atoms with Gasteiger partial charge in [0.25, 0.3) is 0 Å². The van der Waals surface area contributed by atoms with Crippen LogP contribution < -0.4 is 5.73 Å². The fourth-order valence-corrected chi connectivity index (χ4v) is 2.74. The van der Waals surface area contributed by atoms with Crippen LogP contribution in [0.25, 0.3) is 11.4 Å². The average Bonchev–Trinajstić information content (AvgIpc) is 2.98. The first kappa shape index (κ1) is 17.5. The van der Waals surface area contributed by atoms with Crippen LogP contribution in [-0.4, -0.2) is 14.5 Å². The minimum Gasteiger partial charge on any atom is -0.396 e. The van der Waals surface area contributed by atoms with E-state index in [0.29, 0.717) is 17.2 Å². The summed E-state index contributed by atoms with van der Waals surface area (Å²) in [6.45, 7) is 9.91. The van der Waals surface area contributed by atoms with Gasteiger partial charge in [-0.3, -0.25) is 9.55 Å². The van der Waals surface area contributed by atoms with Crippen molar-refractivity contribution in [1.82, 2.24) is 14.5 Å². The molecular formula is C22H22N4. The van der Waals surface area contributed by atoms with Gasteiger partial charge in [-0.05, 0) is 56.0 Å². The van der Waals surface area contributed by atoms with Crippen LogP contribution in [0.4, 0.5) is 0 Å². The van der Waals surface area contributed by atoms with E-state index < -0.39 is 0 Å². The molecule has 4 heteroatoms. The van der Waals surface area contributed by atoms with Crippen LogP contribution in [0.2, 0.25) is 0 Å². The van der Waals surface area contributed by atoms with E-state index in [2.05, 4.69) is 47.4 Å². The first-order chi connectivity index (χ1) is 12.5. The quantitative estimate of drug-likeness (QED) is 0.737. The van der Waals surface area contributed by atoms with Gasteiger partial charge in [0.2, 0.25) is 0 Å². The highest BCUT2D eigenvalue weighted by Crippen LogP contribution is 2.20. The molecule has 0 saturated heterocycles. The molecule has 0 spiro atoms. The fourth-order valence-electron chi connectivity index (χ4n) is 2.74. The van der Waals surface area contributed by atoms with E-state index >= 15 is 0 Å². The van der Waals surface area contributed by atoms with Crippen molar-refractivity contribution < 1.29 is 0 Å². The number of aromatic nitrogens is 3. The first-order valence-corrected chi connectivity index (χ1v) is 8.57. The van der Waals surface area contributed by atoms with Crippen LogP contribution in [0, 0.1) is 25.7 Å². The van der Waals surface area contributed by atoms with E-state index in [1.807, 2.05) is 42.7 Å². The highest BCUT2D eigenvalue weighted by atomic mass is 15.1. The molecule has 2 heterocycles. The largest absolute Gasteiger partial charge is 0.396 e. The minimum absolute atomic E-state index is 0.398. The van der Waals surface area contributed by atoms with Crippen molar-refractivity contribution >= 4 is 5.70 Å². The number of imidazole rings is 1. The molecule has 2 aromatic heterocycles. The molecule has 0 aliphatic heterocycles. The Morgan fingerprint density at radius 2 is 2.00 bits per heavy atom. The number of hydrogen-bond donors (Lipinski definition) is 1. The van der Waals surface area contributed by atoms with Gasteiger partial charge in [0.15, 0.2) is 5.82 Å². The van der Waals surface area contributed by atoms with Crippen LogP contribution in [0.5, 0.6) is 0 Å². The summed E-state index contributed by atoms with van der Waals surface area (Å²) in [6.07, 6.45) is 2.79. The summed E-state index contributed by atoms with van der Waals surface area (Å²) < 4.78 is 1.95. The van der Waals surface area contributed by atoms with E-state index in [1.54, 1.807) is 6.20 Å². The molecule has 0 bridgehead atoms. The van der Waals surface area contributed by atoms with Gasteiger partial charge in [0.05, 0.1) is 23.3 Å². The lowest BCUT2D eigenvalue weighted by Crippen LogP contribution is -2.06. The summed E-state index contributed by atoms with van der Waals surface area (Å²) >= 11 is 0. The molecule has 130 valence electrons. The van der Waals surface area contributed by atoms with Crippen molar-refractivity contribution in [3.05, 3.63) is 83.2 Å². The van der Waals surface area contributed by atoms with Gasteiger partial charge in [-0.2, -0.15) is 0 Å². The molecule has 0 saturated carbocycles. The van der Waals surface area contributed by atoms with Crippen molar-refractivity contribution in [1.29, 1.82) is 0 Å². The van der Waals surface area contributed by atoms with E-state index in [0.717, 1.165) is 29.1 Å². The zero-order valence-corrected chi connectivity index (χ0v) is 15.4. The molecule has 26 heavy (non-hydrogen) atoms. The van der Waals surface area contributed by atoms with E-state index in [-0.39, 0.29) is 0 Å². The Morgan fingerprint density at radius 1 is 1.19 bits per heavy atom. The Labute approximate surface area is 154 Å². The molecule has 0 aliphatic rings. The fraction of sp³-hybridized carbons (Fsp3) is 0.182. The zero-order chi connectivity index (χ0) is 18.7. The minimum atomic E-state index is 0.398. The van der Waals surface area contributed by atoms with Crippen molar-refractivity contribution in [2.45, 2.75) is 27.2 Å². The summed E-state index contributed by atoms with van der Waals surface area (Å²) in [6, 6.07) is 12.2. The maximum absolute atomic E-state index is 5.96. The van der Waals surface area contributed by atoms with E-state index in [4.69, 9.17) is 5.73 Å². The molecule has 4 nitrogen and oxygen atoms in total. The second kappa shape index (κ2) is 7.28. The third-order valence-electron chi connectivity index (χ3n) is 4.21. The Balaban J connectivity index is 2.07. The summed E-state index contributed by atoms with van der Waals surface area (Å²) in [5, 5.41) is 0. The third kappa shape index (κ3) is 3.52. The molecule has 1 aromatic carbocycles. The zero-order valence-electron chi connectivity index (χ0n) is 15.4. The number of hydrogen-bond acceptors (Lipinski definition) is 3. The van der Waals surface area contributed by atoms with Crippen LogP contribution >= 0.6 is 0 Å². The molecule has 0 fully saturated rings. The number of aryl methyl sites for hydroxylation is 2. The van der Waals surface area contributed by atoms with Gasteiger partial charge in [-0.15, -0.1) is 0 Å². The number of pyridine rings is 1. The SMILES string of the molecule is C=C(N)c1nc(C#Cc2cccc(CC)c2)c(C)n1-c1ccc(C)nc1. The molecule has 2 N–H and O–H groups in total. The van der Waals surface area contributed by atoms with Crippen molar-refractivity contribution in [3.63, 3.8) is 0 Å². The lowest BCUT2D eigenvalue weighted by molar-refractivity contribution is 0.959. The summed E-state index contributed by atoms with van der Waals surface area (Å²) in [7, 11) is 0. The van der Waals surface area contributed by atoms with E-state index in [1.165, 1.54) is 5.56 Å². The number of nitrogens with zero attached hydrogens (tertiary/aromatic N) is 3. The Morgan fingerprint density at radius 3 is 2.65 bits per heavy atom. The Kier molecular flexibility index (Phi) is 4.90. The Bertz CT molecular complexity index is 1010. The molecule has 0 amide bonds. The Hall–Kier alpha value is -3.32. The topological polar surface area (TPSA) is 56.7 Å². The molecule has 3 aromatic rings. The normalized spacial score (nSPS) is 10.3. The number of rotatable bonds is 3. The molecule has 0 atom stereocenters. The van der Waals surface area contributed by atoms with Crippen LogP contribution in [0.3, 0.4) is 0 Å². The van der Waals surface area contributed by atoms with Gasteiger partial charge < -0.3 is 5.73 Å². The van der Waals surface area contributed by atoms with Gasteiger partial charge in [0.1, 0.15) is 5.69 Å². The van der Waals surface area contributed by atoms with Crippen LogP contribution in [-0.2, 0) is 6.42 Å². The molecule has 3 rings (SSSR count). The predicted octanol–water partition coefficient (Wildman–Crippen LogP) is 3.78. The summed E-state index contributed by atoms with van der Waals surface area (Å²) in [4.78, 5) is 8.97. The number of nitrogens with two attached hydrogens (primary N) is 1. The summed E-state index contributed by atoms with van der Waals surface area (Å²) in [5.74, 6) is 6.98. The monoisotopic (exact) mass is 342 g/mol. The molecule has 0 radical (unpaired) electrons. The van der Waals surface area contributed by atoms with Crippen molar-refractivity contribution in [2.24, 2.45) is 5.73 Å². The molecule has 0 unspecified atom stereocenters. The highest BCUT2D eigenvalue weighted by Gasteiger charge is 2.15. The average molecular weight is 342 g/mol. The summed E-state index contributed by atoms with van der Waals surface area (Å²) in [5.41, 5.74) is 12.0. The maximum atomic E-state index is 5.96. The second-order valence-corrected chi connectivity index (χ2v) is 6.19. The van der Waals surface area contributed by atoms with Gasteiger partial charge >= 0.3 is 0 Å². The maximum Gasteiger partial charge on any atom is 0.161 e. The van der Waals surface area contributed by atoms with Gasteiger partial charge in [-0.1, -0.05) is 31.6 Å². The van der Waals surface area contributed by atoms with Gasteiger partial charge in [0, 0.05) is 11.3 Å². The van der Waals surface area contributed by atoms with Crippen molar-refractivity contribution in [2.75, 3.05) is 0 Å². The standard InChI is InChI=1S/C22H22N4/c1-5-18-7-6-8-19(13-18)10-12-21-17(4)26(22(25-21)16(3)23)20-11-9-15(2)24-14-20/h6-9,11,13-14H,3,5,23H2,1-2,4H3.